The molecule has 1 heterocycles. The number of aromatic amines is 1. The highest BCUT2D eigenvalue weighted by molar-refractivity contribution is 6.04. The summed E-state index contributed by atoms with van der Waals surface area (Å²) in [6, 6.07) is 5.84. The van der Waals surface area contributed by atoms with E-state index in [1.165, 1.54) is 0 Å². The molecule has 0 fully saturated rings. The Morgan fingerprint density at radius 3 is 2.38 bits per heavy atom. The third kappa shape index (κ3) is 4.33. The summed E-state index contributed by atoms with van der Waals surface area (Å²) in [4.78, 5) is 26.0. The highest BCUT2D eigenvalue weighted by atomic mass is 19.4. The van der Waals surface area contributed by atoms with Gasteiger partial charge in [-0.2, -0.15) is 13.2 Å². The predicted molar refractivity (Wildman–Crippen MR) is 94.4 cm³/mol. The van der Waals surface area contributed by atoms with Crippen LogP contribution in [-0.2, 0) is 6.18 Å². The minimum Gasteiger partial charge on any atom is -0.328 e. The first-order valence-electron chi connectivity index (χ1n) is 8.22. The number of H-pyrrole nitrogens is 1. The summed E-state index contributed by atoms with van der Waals surface area (Å²) in [5.74, 6) is -0.265. The molecule has 1 unspecified atom stereocenters. The number of carbonyl (C=O) groups is 1. The first-order chi connectivity index (χ1) is 12.0. The molecule has 0 saturated carbocycles. The van der Waals surface area contributed by atoms with Gasteiger partial charge >= 0.3 is 6.18 Å². The molecule has 2 aromatic rings. The largest absolute Gasteiger partial charge is 0.417 e. The molecule has 0 bridgehead atoms. The van der Waals surface area contributed by atoms with Crippen molar-refractivity contribution in [3.63, 3.8) is 0 Å². The lowest BCUT2D eigenvalue weighted by molar-refractivity contribution is -0.137. The van der Waals surface area contributed by atoms with Crippen LogP contribution < -0.4 is 10.9 Å². The maximum absolute atomic E-state index is 12.8. The standard InChI is InChI=1S/C19H21F3N2O2/c1-10(2)12(4)15-8-14(6-5-11(15)3)24-18(26)16-7-13(19(20,21)22)9-23-17(16)25/h5-10,12H,1-4H3,(H,23,25)(H,24,26). The summed E-state index contributed by atoms with van der Waals surface area (Å²) in [7, 11) is 0. The second-order valence-electron chi connectivity index (χ2n) is 6.69. The van der Waals surface area contributed by atoms with E-state index in [1.54, 1.807) is 12.1 Å². The number of nitrogens with one attached hydrogen (secondary N) is 2. The van der Waals surface area contributed by atoms with Crippen LogP contribution in [0.5, 0.6) is 0 Å². The summed E-state index contributed by atoms with van der Waals surface area (Å²) >= 11 is 0. The number of pyridine rings is 1. The van der Waals surface area contributed by atoms with Crippen LogP contribution >= 0.6 is 0 Å². The number of benzene rings is 1. The Balaban J connectivity index is 2.34. The highest BCUT2D eigenvalue weighted by Crippen LogP contribution is 2.30. The van der Waals surface area contributed by atoms with E-state index in [2.05, 4.69) is 26.1 Å². The van der Waals surface area contributed by atoms with Gasteiger partial charge in [-0.05, 0) is 48.1 Å². The minimum absolute atomic E-state index is 0.240. The average molecular weight is 366 g/mol. The van der Waals surface area contributed by atoms with Crippen LogP contribution in [0.1, 0.15) is 53.7 Å². The lowest BCUT2D eigenvalue weighted by atomic mass is 9.87. The third-order valence-electron chi connectivity index (χ3n) is 4.50. The van der Waals surface area contributed by atoms with Gasteiger partial charge in [0.25, 0.3) is 11.5 Å². The molecule has 26 heavy (non-hydrogen) atoms. The molecule has 2 N–H and O–H groups in total. The summed E-state index contributed by atoms with van der Waals surface area (Å²) in [5, 5.41) is 2.51. The lowest BCUT2D eigenvalue weighted by Crippen LogP contribution is -2.24. The number of aryl methyl sites for hydroxylation is 1. The zero-order chi connectivity index (χ0) is 19.6. The van der Waals surface area contributed by atoms with Crippen LogP contribution in [-0.4, -0.2) is 10.9 Å². The Bertz CT molecular complexity index is 870. The molecule has 1 atom stereocenters. The van der Waals surface area contributed by atoms with Crippen LogP contribution in [0.4, 0.5) is 18.9 Å². The summed E-state index contributed by atoms with van der Waals surface area (Å²) < 4.78 is 38.4. The van der Waals surface area contributed by atoms with Gasteiger partial charge in [0.1, 0.15) is 5.56 Å². The van der Waals surface area contributed by atoms with Crippen LogP contribution in [0.15, 0.2) is 35.3 Å². The van der Waals surface area contributed by atoms with Crippen molar-refractivity contribution in [1.29, 1.82) is 0 Å². The van der Waals surface area contributed by atoms with Gasteiger partial charge in [0.2, 0.25) is 0 Å². The van der Waals surface area contributed by atoms with E-state index in [1.807, 2.05) is 18.0 Å². The minimum atomic E-state index is -4.65. The zero-order valence-corrected chi connectivity index (χ0v) is 15.0. The zero-order valence-electron chi connectivity index (χ0n) is 15.0. The van der Waals surface area contributed by atoms with Crippen LogP contribution in [0.2, 0.25) is 0 Å². The molecule has 1 aromatic heterocycles. The quantitative estimate of drug-likeness (QED) is 0.823. The Hall–Kier alpha value is -2.57. The molecule has 4 nitrogen and oxygen atoms in total. The number of alkyl halides is 3. The maximum Gasteiger partial charge on any atom is 0.417 e. The second kappa shape index (κ2) is 7.35. The summed E-state index contributed by atoms with van der Waals surface area (Å²) in [6.45, 7) is 8.18. The SMILES string of the molecule is Cc1ccc(NC(=O)c2cc(C(F)(F)F)c[nH]c2=O)cc1C(C)C(C)C. The summed E-state index contributed by atoms with van der Waals surface area (Å²) in [6.07, 6.45) is -4.10. The van der Waals surface area contributed by atoms with Gasteiger partial charge in [-0.1, -0.05) is 26.8 Å². The van der Waals surface area contributed by atoms with Gasteiger partial charge in [-0.15, -0.1) is 0 Å². The van der Waals surface area contributed by atoms with E-state index < -0.39 is 28.8 Å². The number of anilines is 1. The molecular formula is C19H21F3N2O2. The molecule has 0 aliphatic carbocycles. The molecule has 7 heteroatoms. The number of hydrogen-bond acceptors (Lipinski definition) is 2. The average Bonchev–Trinajstić information content (AvgIpc) is 2.55. The number of amides is 1. The molecule has 1 aromatic carbocycles. The molecule has 2 rings (SSSR count). The first-order valence-corrected chi connectivity index (χ1v) is 8.22. The topological polar surface area (TPSA) is 62.0 Å². The molecule has 1 amide bonds. The molecule has 0 aliphatic heterocycles. The Morgan fingerprint density at radius 2 is 1.81 bits per heavy atom. The predicted octanol–water partition coefficient (Wildman–Crippen LogP) is 4.71. The Labute approximate surface area is 149 Å². The summed E-state index contributed by atoms with van der Waals surface area (Å²) in [5.41, 5.74) is -0.0192. The van der Waals surface area contributed by atoms with E-state index in [9.17, 15) is 22.8 Å². The van der Waals surface area contributed by atoms with E-state index >= 15 is 0 Å². The monoisotopic (exact) mass is 366 g/mol. The highest BCUT2D eigenvalue weighted by Gasteiger charge is 2.32. The lowest BCUT2D eigenvalue weighted by Gasteiger charge is -2.19. The fourth-order valence-electron chi connectivity index (χ4n) is 2.58. The molecule has 140 valence electrons. The molecule has 0 radical (unpaired) electrons. The smallest absolute Gasteiger partial charge is 0.328 e. The van der Waals surface area contributed by atoms with Crippen molar-refractivity contribution in [3.05, 3.63) is 63.1 Å². The van der Waals surface area contributed by atoms with Gasteiger partial charge in [0.15, 0.2) is 0 Å². The fourth-order valence-corrected chi connectivity index (χ4v) is 2.58. The van der Waals surface area contributed by atoms with Crippen LogP contribution in [0.3, 0.4) is 0 Å². The van der Waals surface area contributed by atoms with Crippen LogP contribution in [0, 0.1) is 12.8 Å². The molecular weight excluding hydrogens is 345 g/mol. The van der Waals surface area contributed by atoms with Crippen molar-refractivity contribution >= 4 is 11.6 Å². The van der Waals surface area contributed by atoms with Gasteiger partial charge in [0, 0.05) is 11.9 Å². The third-order valence-corrected chi connectivity index (χ3v) is 4.50. The van der Waals surface area contributed by atoms with E-state index in [0.717, 1.165) is 11.1 Å². The van der Waals surface area contributed by atoms with E-state index in [-0.39, 0.29) is 5.92 Å². The van der Waals surface area contributed by atoms with Crippen molar-refractivity contribution in [3.8, 4) is 0 Å². The molecule has 0 saturated heterocycles. The molecule has 0 aliphatic rings. The second-order valence-corrected chi connectivity index (χ2v) is 6.69. The fraction of sp³-hybridized carbons (Fsp3) is 0.368. The number of rotatable bonds is 4. The Morgan fingerprint density at radius 1 is 1.15 bits per heavy atom. The van der Waals surface area contributed by atoms with Crippen molar-refractivity contribution in [2.45, 2.75) is 39.8 Å². The van der Waals surface area contributed by atoms with Gasteiger partial charge in [0.05, 0.1) is 5.56 Å². The van der Waals surface area contributed by atoms with Gasteiger partial charge in [-0.3, -0.25) is 9.59 Å². The number of aromatic nitrogens is 1. The normalized spacial score (nSPS) is 12.9. The van der Waals surface area contributed by atoms with Gasteiger partial charge < -0.3 is 10.3 Å². The van der Waals surface area contributed by atoms with Crippen molar-refractivity contribution in [2.75, 3.05) is 5.32 Å². The number of carbonyl (C=O) groups excluding carboxylic acids is 1. The van der Waals surface area contributed by atoms with Crippen molar-refractivity contribution < 1.29 is 18.0 Å². The van der Waals surface area contributed by atoms with Crippen molar-refractivity contribution in [1.82, 2.24) is 4.98 Å². The first kappa shape index (κ1) is 19.8. The van der Waals surface area contributed by atoms with Crippen molar-refractivity contribution in [2.24, 2.45) is 5.92 Å². The Kier molecular flexibility index (Phi) is 5.59. The van der Waals surface area contributed by atoms with E-state index in [0.29, 0.717) is 23.9 Å². The molecule has 0 spiro atoms. The number of hydrogen-bond donors (Lipinski definition) is 2. The number of halogens is 3. The van der Waals surface area contributed by atoms with Gasteiger partial charge in [-0.25, -0.2) is 0 Å². The van der Waals surface area contributed by atoms with Crippen LogP contribution in [0.25, 0.3) is 0 Å². The maximum atomic E-state index is 12.8. The van der Waals surface area contributed by atoms with E-state index in [4.69, 9.17) is 0 Å².